The number of ether oxygens (including phenoxy) is 1. The van der Waals surface area contributed by atoms with E-state index in [1.807, 2.05) is 7.11 Å². The maximum atomic E-state index is 5.43. The fourth-order valence-corrected chi connectivity index (χ4v) is 3.48. The van der Waals surface area contributed by atoms with Crippen molar-refractivity contribution in [1.82, 2.24) is 5.32 Å². The van der Waals surface area contributed by atoms with Crippen molar-refractivity contribution >= 4 is 0 Å². The molecule has 2 nitrogen and oxygen atoms in total. The first kappa shape index (κ1) is 12.2. The first-order chi connectivity index (χ1) is 8.85. The highest BCUT2D eigenvalue weighted by Gasteiger charge is 2.26. The maximum absolute atomic E-state index is 5.43. The maximum Gasteiger partial charge on any atom is 0.0572 e. The van der Waals surface area contributed by atoms with E-state index in [9.17, 15) is 0 Å². The van der Waals surface area contributed by atoms with Crippen molar-refractivity contribution in [2.75, 3.05) is 7.11 Å². The van der Waals surface area contributed by atoms with Crippen LogP contribution in [-0.4, -0.2) is 25.3 Å². The molecule has 2 heteroatoms. The highest BCUT2D eigenvalue weighted by atomic mass is 16.5. The van der Waals surface area contributed by atoms with Crippen molar-refractivity contribution < 1.29 is 4.74 Å². The van der Waals surface area contributed by atoms with Crippen molar-refractivity contribution in [3.05, 3.63) is 35.4 Å². The van der Waals surface area contributed by atoms with Crippen molar-refractivity contribution in [2.45, 2.75) is 56.7 Å². The summed E-state index contributed by atoms with van der Waals surface area (Å²) >= 11 is 0. The average molecular weight is 245 g/mol. The van der Waals surface area contributed by atoms with Gasteiger partial charge in [-0.25, -0.2) is 0 Å². The monoisotopic (exact) mass is 245 g/mol. The van der Waals surface area contributed by atoms with Crippen LogP contribution in [0.4, 0.5) is 0 Å². The first-order valence-electron chi connectivity index (χ1n) is 7.21. The van der Waals surface area contributed by atoms with Gasteiger partial charge in [-0.05, 0) is 49.7 Å². The second kappa shape index (κ2) is 5.41. The van der Waals surface area contributed by atoms with Gasteiger partial charge in [-0.1, -0.05) is 24.3 Å². The summed E-state index contributed by atoms with van der Waals surface area (Å²) in [5.74, 6) is 0. The van der Waals surface area contributed by atoms with Gasteiger partial charge in [0.2, 0.25) is 0 Å². The van der Waals surface area contributed by atoms with Crippen LogP contribution < -0.4 is 5.32 Å². The number of rotatable bonds is 3. The van der Waals surface area contributed by atoms with Gasteiger partial charge >= 0.3 is 0 Å². The van der Waals surface area contributed by atoms with Crippen LogP contribution in [0.15, 0.2) is 24.3 Å². The molecule has 1 aromatic rings. The van der Waals surface area contributed by atoms with Crippen LogP contribution in [0.5, 0.6) is 0 Å². The van der Waals surface area contributed by atoms with E-state index in [-0.39, 0.29) is 0 Å². The first-order valence-corrected chi connectivity index (χ1v) is 7.21. The molecule has 0 bridgehead atoms. The van der Waals surface area contributed by atoms with Gasteiger partial charge in [0.15, 0.2) is 0 Å². The lowest BCUT2D eigenvalue weighted by Crippen LogP contribution is -2.41. The molecule has 0 spiro atoms. The molecule has 2 aliphatic rings. The van der Waals surface area contributed by atoms with Crippen LogP contribution in [0, 0.1) is 0 Å². The molecule has 1 fully saturated rings. The van der Waals surface area contributed by atoms with E-state index in [0.717, 1.165) is 0 Å². The van der Waals surface area contributed by atoms with Crippen molar-refractivity contribution in [3.8, 4) is 0 Å². The Bertz CT molecular complexity index is 371. The van der Waals surface area contributed by atoms with Gasteiger partial charge in [0.05, 0.1) is 6.10 Å². The lowest BCUT2D eigenvalue weighted by Gasteiger charge is -2.30. The topological polar surface area (TPSA) is 21.3 Å². The molecule has 0 atom stereocenters. The lowest BCUT2D eigenvalue weighted by atomic mass is 9.92. The van der Waals surface area contributed by atoms with E-state index in [1.165, 1.54) is 38.5 Å². The molecule has 3 rings (SSSR count). The highest BCUT2D eigenvalue weighted by Crippen LogP contribution is 2.25. The second-order valence-electron chi connectivity index (χ2n) is 5.75. The minimum absolute atomic E-state index is 0.504. The summed E-state index contributed by atoms with van der Waals surface area (Å²) in [7, 11) is 1.84. The largest absolute Gasteiger partial charge is 0.381 e. The second-order valence-corrected chi connectivity index (χ2v) is 5.75. The molecular formula is C16H23NO. The zero-order valence-electron chi connectivity index (χ0n) is 11.2. The molecular weight excluding hydrogens is 222 g/mol. The van der Waals surface area contributed by atoms with Crippen molar-refractivity contribution in [1.29, 1.82) is 0 Å². The molecule has 1 aromatic carbocycles. The predicted octanol–water partition coefficient (Wildman–Crippen LogP) is 2.70. The number of fused-ring (bicyclic) bond motifs is 1. The van der Waals surface area contributed by atoms with Gasteiger partial charge in [0, 0.05) is 19.2 Å². The molecule has 0 heterocycles. The summed E-state index contributed by atoms with van der Waals surface area (Å²) in [5.41, 5.74) is 3.08. The summed E-state index contributed by atoms with van der Waals surface area (Å²) in [6.45, 7) is 0. The Morgan fingerprint density at radius 3 is 2.11 bits per heavy atom. The summed E-state index contributed by atoms with van der Waals surface area (Å²) in [6, 6.07) is 10.2. The molecule has 98 valence electrons. The van der Waals surface area contributed by atoms with Gasteiger partial charge in [-0.15, -0.1) is 0 Å². The Hall–Kier alpha value is -0.860. The van der Waals surface area contributed by atoms with Gasteiger partial charge in [-0.3, -0.25) is 0 Å². The third-order valence-corrected chi connectivity index (χ3v) is 4.53. The molecule has 1 saturated carbocycles. The molecule has 0 saturated heterocycles. The van der Waals surface area contributed by atoms with Crippen LogP contribution in [0.25, 0.3) is 0 Å². The number of hydrogen-bond donors (Lipinski definition) is 1. The Morgan fingerprint density at radius 1 is 0.944 bits per heavy atom. The lowest BCUT2D eigenvalue weighted by molar-refractivity contribution is 0.0613. The van der Waals surface area contributed by atoms with E-state index >= 15 is 0 Å². The summed E-state index contributed by atoms with van der Waals surface area (Å²) in [6.07, 6.45) is 7.89. The SMILES string of the molecule is COC1CCC(NC2Cc3ccccc3C2)CC1. The fraction of sp³-hybridized carbons (Fsp3) is 0.625. The predicted molar refractivity (Wildman–Crippen MR) is 73.8 cm³/mol. The van der Waals surface area contributed by atoms with Crippen LogP contribution >= 0.6 is 0 Å². The molecule has 0 aliphatic heterocycles. The number of nitrogens with one attached hydrogen (secondary N) is 1. The zero-order valence-corrected chi connectivity index (χ0v) is 11.2. The van der Waals surface area contributed by atoms with Gasteiger partial charge < -0.3 is 10.1 Å². The van der Waals surface area contributed by atoms with Crippen LogP contribution in [0.3, 0.4) is 0 Å². The normalized spacial score (nSPS) is 28.3. The average Bonchev–Trinajstić information content (AvgIpc) is 2.82. The van der Waals surface area contributed by atoms with Gasteiger partial charge in [-0.2, -0.15) is 0 Å². The van der Waals surface area contributed by atoms with E-state index in [4.69, 9.17) is 4.74 Å². The van der Waals surface area contributed by atoms with E-state index in [2.05, 4.69) is 29.6 Å². The van der Waals surface area contributed by atoms with Crippen molar-refractivity contribution in [2.24, 2.45) is 0 Å². The highest BCUT2D eigenvalue weighted by molar-refractivity contribution is 5.33. The van der Waals surface area contributed by atoms with E-state index < -0.39 is 0 Å². The standard InChI is InChI=1S/C16H23NO/c1-18-16-8-6-14(7-9-16)17-15-10-12-4-2-3-5-13(12)11-15/h2-5,14-17H,6-11H2,1H3. The molecule has 0 aromatic heterocycles. The Morgan fingerprint density at radius 2 is 1.56 bits per heavy atom. The van der Waals surface area contributed by atoms with Crippen LogP contribution in [0.2, 0.25) is 0 Å². The quantitative estimate of drug-likeness (QED) is 0.884. The summed E-state index contributed by atoms with van der Waals surface area (Å²) in [4.78, 5) is 0. The summed E-state index contributed by atoms with van der Waals surface area (Å²) in [5, 5.41) is 3.85. The molecule has 1 N–H and O–H groups in total. The molecule has 0 radical (unpaired) electrons. The fourth-order valence-electron chi connectivity index (χ4n) is 3.48. The van der Waals surface area contributed by atoms with Crippen LogP contribution in [-0.2, 0) is 17.6 Å². The van der Waals surface area contributed by atoms with E-state index in [0.29, 0.717) is 18.2 Å². The smallest absolute Gasteiger partial charge is 0.0572 e. The minimum Gasteiger partial charge on any atom is -0.381 e. The molecule has 0 unspecified atom stereocenters. The molecule has 0 amide bonds. The Labute approximate surface area is 110 Å². The summed E-state index contributed by atoms with van der Waals surface area (Å²) < 4.78 is 5.43. The Kier molecular flexibility index (Phi) is 3.67. The molecule has 2 aliphatic carbocycles. The zero-order chi connectivity index (χ0) is 12.4. The third kappa shape index (κ3) is 2.60. The van der Waals surface area contributed by atoms with E-state index in [1.54, 1.807) is 11.1 Å². The number of benzene rings is 1. The van der Waals surface area contributed by atoms with Gasteiger partial charge in [0.1, 0.15) is 0 Å². The number of hydrogen-bond acceptors (Lipinski definition) is 2. The number of methoxy groups -OCH3 is 1. The minimum atomic E-state index is 0.504. The molecule has 18 heavy (non-hydrogen) atoms. The third-order valence-electron chi connectivity index (χ3n) is 4.53. The Balaban J connectivity index is 1.51. The van der Waals surface area contributed by atoms with Crippen molar-refractivity contribution in [3.63, 3.8) is 0 Å². The van der Waals surface area contributed by atoms with Gasteiger partial charge in [0.25, 0.3) is 0 Å². The van der Waals surface area contributed by atoms with Crippen LogP contribution in [0.1, 0.15) is 36.8 Å².